The molecule has 0 aromatic rings. The molecule has 0 aromatic heterocycles. The van der Waals surface area contributed by atoms with Crippen molar-refractivity contribution in [1.82, 2.24) is 9.80 Å². The highest BCUT2D eigenvalue weighted by atomic mass is 16.6. The van der Waals surface area contributed by atoms with Gasteiger partial charge in [0.15, 0.2) is 0 Å². The zero-order valence-electron chi connectivity index (χ0n) is 12.7. The zero-order chi connectivity index (χ0) is 14.6. The van der Waals surface area contributed by atoms with Crippen molar-refractivity contribution in [3.8, 4) is 0 Å². The van der Waals surface area contributed by atoms with E-state index in [1.54, 1.807) is 11.8 Å². The average molecular weight is 270 g/mol. The molecular formula is C14H26N2O3. The first-order valence-electron chi connectivity index (χ1n) is 6.99. The molecule has 1 aliphatic heterocycles. The van der Waals surface area contributed by atoms with E-state index in [0.717, 1.165) is 25.9 Å². The van der Waals surface area contributed by atoms with E-state index in [1.807, 2.05) is 32.6 Å². The molecule has 1 heterocycles. The lowest BCUT2D eigenvalue weighted by Crippen LogP contribution is -2.49. The summed E-state index contributed by atoms with van der Waals surface area (Å²) >= 11 is 0. The first-order valence-corrected chi connectivity index (χ1v) is 6.99. The van der Waals surface area contributed by atoms with Gasteiger partial charge < -0.3 is 14.5 Å². The van der Waals surface area contributed by atoms with Crippen LogP contribution in [0, 0.1) is 0 Å². The van der Waals surface area contributed by atoms with E-state index in [9.17, 15) is 9.59 Å². The predicted molar refractivity (Wildman–Crippen MR) is 73.9 cm³/mol. The number of piperidine rings is 1. The monoisotopic (exact) mass is 270 g/mol. The molecule has 0 N–H and O–H groups in total. The lowest BCUT2D eigenvalue weighted by Gasteiger charge is -2.38. The van der Waals surface area contributed by atoms with Gasteiger partial charge in [-0.3, -0.25) is 4.79 Å². The fourth-order valence-electron chi connectivity index (χ4n) is 2.35. The van der Waals surface area contributed by atoms with Crippen LogP contribution in [0.15, 0.2) is 0 Å². The van der Waals surface area contributed by atoms with Crippen LogP contribution in [0.4, 0.5) is 4.79 Å². The third-order valence-electron chi connectivity index (χ3n) is 3.32. The van der Waals surface area contributed by atoms with Crippen molar-refractivity contribution in [3.63, 3.8) is 0 Å². The topological polar surface area (TPSA) is 49.9 Å². The number of nitrogens with zero attached hydrogens (tertiary/aromatic N) is 2. The SMILES string of the molecule is CCN(C(=O)OC(C)(C)C)C1CCN(C(C)=O)CC1. The van der Waals surface area contributed by atoms with Crippen LogP contribution < -0.4 is 0 Å². The molecule has 0 atom stereocenters. The lowest BCUT2D eigenvalue weighted by molar-refractivity contribution is -0.130. The summed E-state index contributed by atoms with van der Waals surface area (Å²) in [5.41, 5.74) is -0.468. The Labute approximate surface area is 115 Å². The van der Waals surface area contributed by atoms with Crippen LogP contribution in [-0.4, -0.2) is 53.1 Å². The molecule has 0 bridgehead atoms. The predicted octanol–water partition coefficient (Wildman–Crippen LogP) is 2.25. The number of ether oxygens (including phenoxy) is 1. The quantitative estimate of drug-likeness (QED) is 0.773. The van der Waals surface area contributed by atoms with Crippen LogP contribution in [0.1, 0.15) is 47.5 Å². The van der Waals surface area contributed by atoms with Crippen LogP contribution in [-0.2, 0) is 9.53 Å². The Balaban J connectivity index is 2.57. The summed E-state index contributed by atoms with van der Waals surface area (Å²) in [6.45, 7) is 11.2. The second kappa shape index (κ2) is 6.26. The molecule has 0 aromatic carbocycles. The molecule has 0 spiro atoms. The second-order valence-corrected chi connectivity index (χ2v) is 6.00. The highest BCUT2D eigenvalue weighted by molar-refractivity contribution is 5.73. The molecule has 0 unspecified atom stereocenters. The van der Waals surface area contributed by atoms with Crippen LogP contribution in [0.25, 0.3) is 0 Å². The van der Waals surface area contributed by atoms with Gasteiger partial charge in [-0.05, 0) is 40.5 Å². The molecule has 1 fully saturated rings. The van der Waals surface area contributed by atoms with Crippen molar-refractivity contribution in [2.75, 3.05) is 19.6 Å². The standard InChI is InChI=1S/C14H26N2O3/c1-6-16(13(18)19-14(3,4)5)12-7-9-15(10-8-12)11(2)17/h12H,6-10H2,1-5H3. The Morgan fingerprint density at radius 1 is 1.26 bits per heavy atom. The Kier molecular flexibility index (Phi) is 5.20. The van der Waals surface area contributed by atoms with Crippen LogP contribution in [0.5, 0.6) is 0 Å². The average Bonchev–Trinajstić information content (AvgIpc) is 2.28. The number of carbonyl (C=O) groups is 2. The summed E-state index contributed by atoms with van der Waals surface area (Å²) < 4.78 is 5.42. The summed E-state index contributed by atoms with van der Waals surface area (Å²) in [6, 6.07) is 0.176. The summed E-state index contributed by atoms with van der Waals surface area (Å²) in [7, 11) is 0. The minimum Gasteiger partial charge on any atom is -0.444 e. The molecule has 1 saturated heterocycles. The van der Waals surface area contributed by atoms with Gasteiger partial charge >= 0.3 is 6.09 Å². The second-order valence-electron chi connectivity index (χ2n) is 6.00. The van der Waals surface area contributed by atoms with Crippen molar-refractivity contribution in [2.24, 2.45) is 0 Å². The summed E-state index contributed by atoms with van der Waals surface area (Å²) in [6.07, 6.45) is 1.40. The molecule has 2 amide bonds. The largest absolute Gasteiger partial charge is 0.444 e. The van der Waals surface area contributed by atoms with Gasteiger partial charge in [0.05, 0.1) is 0 Å². The number of hydrogen-bond donors (Lipinski definition) is 0. The molecule has 5 nitrogen and oxygen atoms in total. The minimum atomic E-state index is -0.468. The van der Waals surface area contributed by atoms with Gasteiger partial charge in [-0.2, -0.15) is 0 Å². The van der Waals surface area contributed by atoms with Crippen molar-refractivity contribution in [1.29, 1.82) is 0 Å². The van der Waals surface area contributed by atoms with Crippen molar-refractivity contribution in [3.05, 3.63) is 0 Å². The molecule has 110 valence electrons. The van der Waals surface area contributed by atoms with Gasteiger partial charge in [0.1, 0.15) is 5.60 Å². The molecule has 19 heavy (non-hydrogen) atoms. The van der Waals surface area contributed by atoms with Crippen LogP contribution >= 0.6 is 0 Å². The smallest absolute Gasteiger partial charge is 0.410 e. The minimum absolute atomic E-state index is 0.110. The number of rotatable bonds is 2. The highest BCUT2D eigenvalue weighted by Gasteiger charge is 2.30. The first kappa shape index (κ1) is 15.8. The van der Waals surface area contributed by atoms with Gasteiger partial charge in [-0.25, -0.2) is 4.79 Å². The fourth-order valence-corrected chi connectivity index (χ4v) is 2.35. The van der Waals surface area contributed by atoms with E-state index in [2.05, 4.69) is 0 Å². The van der Waals surface area contributed by atoms with Crippen LogP contribution in [0.3, 0.4) is 0 Å². The molecule has 5 heteroatoms. The number of carbonyl (C=O) groups excluding carboxylic acids is 2. The first-order chi connectivity index (χ1) is 8.74. The maximum Gasteiger partial charge on any atom is 0.410 e. The lowest BCUT2D eigenvalue weighted by atomic mass is 10.0. The van der Waals surface area contributed by atoms with E-state index in [1.165, 1.54) is 0 Å². The maximum atomic E-state index is 12.1. The van der Waals surface area contributed by atoms with Crippen LogP contribution in [0.2, 0.25) is 0 Å². The highest BCUT2D eigenvalue weighted by Crippen LogP contribution is 2.19. The summed E-state index contributed by atoms with van der Waals surface area (Å²) in [5.74, 6) is 0.110. The van der Waals surface area contributed by atoms with Gasteiger partial charge in [-0.15, -0.1) is 0 Å². The molecule has 0 radical (unpaired) electrons. The zero-order valence-corrected chi connectivity index (χ0v) is 12.7. The number of likely N-dealkylation sites (tertiary alicyclic amines) is 1. The van der Waals surface area contributed by atoms with E-state index in [-0.39, 0.29) is 18.0 Å². The molecule has 1 rings (SSSR count). The summed E-state index contributed by atoms with van der Waals surface area (Å²) in [4.78, 5) is 27.0. The van der Waals surface area contributed by atoms with E-state index < -0.39 is 5.60 Å². The van der Waals surface area contributed by atoms with Gasteiger partial charge in [0, 0.05) is 32.6 Å². The molecule has 1 aliphatic rings. The Morgan fingerprint density at radius 3 is 2.16 bits per heavy atom. The molecular weight excluding hydrogens is 244 g/mol. The normalized spacial score (nSPS) is 17.2. The van der Waals surface area contributed by atoms with Gasteiger partial charge in [0.2, 0.25) is 5.91 Å². The number of amides is 2. The third kappa shape index (κ3) is 4.73. The van der Waals surface area contributed by atoms with E-state index in [4.69, 9.17) is 4.74 Å². The van der Waals surface area contributed by atoms with Crippen molar-refractivity contribution >= 4 is 12.0 Å². The Morgan fingerprint density at radius 2 is 1.79 bits per heavy atom. The van der Waals surface area contributed by atoms with E-state index in [0.29, 0.717) is 6.54 Å². The Hall–Kier alpha value is -1.26. The third-order valence-corrected chi connectivity index (χ3v) is 3.32. The fraction of sp³-hybridized carbons (Fsp3) is 0.857. The maximum absolute atomic E-state index is 12.1. The van der Waals surface area contributed by atoms with Gasteiger partial charge in [0.25, 0.3) is 0 Å². The number of hydrogen-bond acceptors (Lipinski definition) is 3. The van der Waals surface area contributed by atoms with E-state index >= 15 is 0 Å². The van der Waals surface area contributed by atoms with Gasteiger partial charge in [-0.1, -0.05) is 0 Å². The summed E-state index contributed by atoms with van der Waals surface area (Å²) in [5, 5.41) is 0. The molecule has 0 aliphatic carbocycles. The molecule has 0 saturated carbocycles. The Bertz CT molecular complexity index is 328. The van der Waals surface area contributed by atoms with Crippen molar-refractivity contribution < 1.29 is 14.3 Å². The van der Waals surface area contributed by atoms with Crippen molar-refractivity contribution in [2.45, 2.75) is 59.1 Å².